The predicted molar refractivity (Wildman–Crippen MR) is 77.2 cm³/mol. The standard InChI is InChI=1S/C14H14N2O3S/c1-20(18)14-5-2-10(9-15-14)16-6-7-19-13-4-3-11(17)8-12(13)16/h2-5,8-9,17H,6-7H2,1H3. The molecule has 2 heterocycles. The number of phenols is 1. The monoisotopic (exact) mass is 290 g/mol. The molecule has 2 aromatic rings. The minimum Gasteiger partial charge on any atom is -0.508 e. The summed E-state index contributed by atoms with van der Waals surface area (Å²) in [6.45, 7) is 1.24. The third-order valence-corrected chi connectivity index (χ3v) is 3.96. The van der Waals surface area contributed by atoms with Gasteiger partial charge in [0.1, 0.15) is 23.1 Å². The van der Waals surface area contributed by atoms with Crippen LogP contribution in [-0.4, -0.2) is 33.7 Å². The maximum absolute atomic E-state index is 11.4. The molecule has 0 bridgehead atoms. The molecule has 1 aromatic carbocycles. The molecular weight excluding hydrogens is 276 g/mol. The highest BCUT2D eigenvalue weighted by Crippen LogP contribution is 2.38. The average Bonchev–Trinajstić information content (AvgIpc) is 2.46. The number of pyridine rings is 1. The summed E-state index contributed by atoms with van der Waals surface area (Å²) in [5.41, 5.74) is 1.69. The molecule has 0 radical (unpaired) electrons. The number of aromatic nitrogens is 1. The number of hydrogen-bond donors (Lipinski definition) is 1. The first-order valence-electron chi connectivity index (χ1n) is 6.18. The van der Waals surface area contributed by atoms with Crippen LogP contribution in [0.5, 0.6) is 11.5 Å². The molecule has 1 atom stereocenters. The van der Waals surface area contributed by atoms with Gasteiger partial charge >= 0.3 is 0 Å². The van der Waals surface area contributed by atoms with E-state index in [0.29, 0.717) is 18.2 Å². The minimum absolute atomic E-state index is 0.193. The number of phenolic OH excluding ortho intramolecular Hbond substituents is 1. The van der Waals surface area contributed by atoms with E-state index in [4.69, 9.17) is 4.74 Å². The third-order valence-electron chi connectivity index (χ3n) is 3.13. The van der Waals surface area contributed by atoms with E-state index in [1.54, 1.807) is 36.7 Å². The fraction of sp³-hybridized carbons (Fsp3) is 0.214. The van der Waals surface area contributed by atoms with Crippen molar-refractivity contribution in [2.24, 2.45) is 0 Å². The van der Waals surface area contributed by atoms with E-state index in [1.807, 2.05) is 11.0 Å². The fourth-order valence-corrected chi connectivity index (χ4v) is 2.64. The summed E-state index contributed by atoms with van der Waals surface area (Å²) in [5, 5.41) is 10.2. The molecular formula is C14H14N2O3S. The Kier molecular flexibility index (Phi) is 3.31. The molecule has 0 saturated carbocycles. The molecule has 1 N–H and O–H groups in total. The summed E-state index contributed by atoms with van der Waals surface area (Å²) in [6, 6.07) is 8.65. The van der Waals surface area contributed by atoms with Crippen LogP contribution in [0.25, 0.3) is 0 Å². The van der Waals surface area contributed by atoms with Crippen LogP contribution in [0, 0.1) is 0 Å². The third kappa shape index (κ3) is 2.34. The molecule has 0 fully saturated rings. The lowest BCUT2D eigenvalue weighted by atomic mass is 10.2. The summed E-state index contributed by atoms with van der Waals surface area (Å²) >= 11 is 0. The summed E-state index contributed by atoms with van der Waals surface area (Å²) in [7, 11) is -1.09. The average molecular weight is 290 g/mol. The molecule has 1 aliphatic heterocycles. The number of benzene rings is 1. The second kappa shape index (κ2) is 5.13. The van der Waals surface area contributed by atoms with Crippen molar-refractivity contribution in [3.05, 3.63) is 36.5 Å². The molecule has 3 rings (SSSR count). The van der Waals surface area contributed by atoms with Gasteiger partial charge in [-0.3, -0.25) is 4.21 Å². The normalized spacial score (nSPS) is 15.3. The molecule has 1 unspecified atom stereocenters. The lowest BCUT2D eigenvalue weighted by Crippen LogP contribution is -2.28. The van der Waals surface area contributed by atoms with Crippen LogP contribution in [0.3, 0.4) is 0 Å². The van der Waals surface area contributed by atoms with Crippen molar-refractivity contribution in [3.63, 3.8) is 0 Å². The number of ether oxygens (including phenoxy) is 1. The molecule has 104 valence electrons. The van der Waals surface area contributed by atoms with Gasteiger partial charge in [0.25, 0.3) is 0 Å². The van der Waals surface area contributed by atoms with Crippen molar-refractivity contribution in [1.29, 1.82) is 0 Å². The van der Waals surface area contributed by atoms with Crippen molar-refractivity contribution in [2.75, 3.05) is 24.3 Å². The molecule has 6 heteroatoms. The minimum atomic E-state index is -1.09. The van der Waals surface area contributed by atoms with E-state index in [-0.39, 0.29) is 5.75 Å². The van der Waals surface area contributed by atoms with Gasteiger partial charge in [0, 0.05) is 12.3 Å². The Balaban J connectivity index is 1.99. The topological polar surface area (TPSA) is 62.7 Å². The smallest absolute Gasteiger partial charge is 0.143 e. The van der Waals surface area contributed by atoms with E-state index >= 15 is 0 Å². The van der Waals surface area contributed by atoms with Crippen molar-refractivity contribution >= 4 is 22.2 Å². The van der Waals surface area contributed by atoms with Crippen molar-refractivity contribution in [3.8, 4) is 11.5 Å². The van der Waals surface area contributed by atoms with Gasteiger partial charge in [-0.15, -0.1) is 0 Å². The van der Waals surface area contributed by atoms with E-state index in [2.05, 4.69) is 4.98 Å². The highest BCUT2D eigenvalue weighted by molar-refractivity contribution is 7.84. The second-order valence-corrected chi connectivity index (χ2v) is 5.79. The van der Waals surface area contributed by atoms with Gasteiger partial charge < -0.3 is 14.7 Å². The molecule has 20 heavy (non-hydrogen) atoms. The van der Waals surface area contributed by atoms with Crippen LogP contribution in [0.15, 0.2) is 41.6 Å². The predicted octanol–water partition coefficient (Wildman–Crippen LogP) is 2.06. The summed E-state index contributed by atoms with van der Waals surface area (Å²) in [4.78, 5) is 6.23. The first-order valence-corrected chi connectivity index (χ1v) is 7.74. The fourth-order valence-electron chi connectivity index (χ4n) is 2.18. The Morgan fingerprint density at radius 3 is 2.90 bits per heavy atom. The maximum atomic E-state index is 11.4. The Hall–Kier alpha value is -2.08. The number of aromatic hydroxyl groups is 1. The van der Waals surface area contributed by atoms with Gasteiger partial charge in [-0.2, -0.15) is 0 Å². The largest absolute Gasteiger partial charge is 0.508 e. The van der Waals surface area contributed by atoms with Crippen LogP contribution in [0.1, 0.15) is 0 Å². The molecule has 1 aromatic heterocycles. The Morgan fingerprint density at radius 2 is 2.20 bits per heavy atom. The van der Waals surface area contributed by atoms with Gasteiger partial charge in [0.2, 0.25) is 0 Å². The molecule has 0 spiro atoms. The first kappa shape index (κ1) is 12.9. The first-order chi connectivity index (χ1) is 9.65. The summed E-state index contributed by atoms with van der Waals surface area (Å²) in [6.07, 6.45) is 3.29. The van der Waals surface area contributed by atoms with Crippen LogP contribution < -0.4 is 9.64 Å². The Labute approximate surface area is 119 Å². The lowest BCUT2D eigenvalue weighted by Gasteiger charge is -2.31. The zero-order valence-electron chi connectivity index (χ0n) is 10.9. The number of anilines is 2. The molecule has 5 nitrogen and oxygen atoms in total. The zero-order valence-corrected chi connectivity index (χ0v) is 11.8. The van der Waals surface area contributed by atoms with E-state index in [1.165, 1.54) is 0 Å². The number of hydrogen-bond acceptors (Lipinski definition) is 5. The molecule has 1 aliphatic rings. The van der Waals surface area contributed by atoms with Gasteiger partial charge in [-0.05, 0) is 24.3 Å². The Bertz CT molecular complexity index is 658. The van der Waals surface area contributed by atoms with Crippen LogP contribution in [0.4, 0.5) is 11.4 Å². The van der Waals surface area contributed by atoms with Gasteiger partial charge in [-0.25, -0.2) is 4.98 Å². The second-order valence-electron chi connectivity index (χ2n) is 4.46. The van der Waals surface area contributed by atoms with Crippen molar-refractivity contribution in [2.45, 2.75) is 5.03 Å². The van der Waals surface area contributed by atoms with Gasteiger partial charge in [-0.1, -0.05) is 0 Å². The maximum Gasteiger partial charge on any atom is 0.143 e. The highest BCUT2D eigenvalue weighted by atomic mass is 32.2. The number of nitrogens with zero attached hydrogens (tertiary/aromatic N) is 2. The summed E-state index contributed by atoms with van der Waals surface area (Å²) in [5.74, 6) is 0.927. The molecule has 0 saturated heterocycles. The highest BCUT2D eigenvalue weighted by Gasteiger charge is 2.20. The SMILES string of the molecule is CS(=O)c1ccc(N2CCOc3ccc(O)cc32)cn1. The molecule has 0 aliphatic carbocycles. The van der Waals surface area contributed by atoms with Gasteiger partial charge in [0.05, 0.1) is 34.9 Å². The summed E-state index contributed by atoms with van der Waals surface area (Å²) < 4.78 is 16.9. The van der Waals surface area contributed by atoms with Crippen molar-refractivity contribution in [1.82, 2.24) is 4.98 Å². The van der Waals surface area contributed by atoms with Crippen LogP contribution in [0.2, 0.25) is 0 Å². The zero-order chi connectivity index (χ0) is 14.1. The quantitative estimate of drug-likeness (QED) is 0.917. The van der Waals surface area contributed by atoms with Crippen molar-refractivity contribution < 1.29 is 14.1 Å². The number of fused-ring (bicyclic) bond motifs is 1. The van der Waals surface area contributed by atoms with E-state index in [0.717, 1.165) is 17.1 Å². The lowest BCUT2D eigenvalue weighted by molar-refractivity contribution is 0.313. The molecule has 0 amide bonds. The van der Waals surface area contributed by atoms with Gasteiger partial charge in [0.15, 0.2) is 0 Å². The Morgan fingerprint density at radius 1 is 1.35 bits per heavy atom. The number of rotatable bonds is 2. The van der Waals surface area contributed by atoms with Crippen LogP contribution in [-0.2, 0) is 10.8 Å². The van der Waals surface area contributed by atoms with Crippen LogP contribution >= 0.6 is 0 Å². The van der Waals surface area contributed by atoms with E-state index < -0.39 is 10.8 Å². The van der Waals surface area contributed by atoms with E-state index in [9.17, 15) is 9.32 Å².